The topological polar surface area (TPSA) is 71.6 Å². The molecule has 0 saturated heterocycles. The fourth-order valence-electron chi connectivity index (χ4n) is 3.32. The Kier molecular flexibility index (Phi) is 5.31. The molecule has 156 valence electrons. The van der Waals surface area contributed by atoms with Crippen LogP contribution in [0.2, 0.25) is 0 Å². The molecule has 0 aliphatic heterocycles. The van der Waals surface area contributed by atoms with E-state index in [1.54, 1.807) is 0 Å². The van der Waals surface area contributed by atoms with Crippen molar-refractivity contribution < 1.29 is 4.79 Å². The molecule has 0 aliphatic carbocycles. The molecule has 2 heterocycles. The molecule has 5 rings (SSSR count). The number of anilines is 1. The van der Waals surface area contributed by atoms with Crippen molar-refractivity contribution in [1.29, 1.82) is 0 Å². The average molecular weight is 438 g/mol. The van der Waals surface area contributed by atoms with Gasteiger partial charge in [0.1, 0.15) is 4.83 Å². The van der Waals surface area contributed by atoms with Crippen LogP contribution in [-0.2, 0) is 0 Å². The van der Waals surface area contributed by atoms with E-state index < -0.39 is 0 Å². The molecule has 32 heavy (non-hydrogen) atoms. The number of nitrogens with zero attached hydrogens (tertiary/aromatic N) is 4. The molecule has 0 aliphatic rings. The molecule has 0 fully saturated rings. The van der Waals surface area contributed by atoms with E-state index in [1.165, 1.54) is 11.3 Å². The molecule has 0 radical (unpaired) electrons. The minimum Gasteiger partial charge on any atom is -0.321 e. The molecule has 0 unspecified atom stereocenters. The van der Waals surface area contributed by atoms with Gasteiger partial charge < -0.3 is 5.32 Å². The number of nitrogens with one attached hydrogen (secondary N) is 1. The number of benzene rings is 3. The van der Waals surface area contributed by atoms with Gasteiger partial charge in [-0.1, -0.05) is 36.4 Å². The number of thiophene rings is 1. The lowest BCUT2D eigenvalue weighted by molar-refractivity contribution is 0.103. The van der Waals surface area contributed by atoms with E-state index in [0.29, 0.717) is 16.3 Å². The lowest BCUT2D eigenvalue weighted by Crippen LogP contribution is -2.09. The van der Waals surface area contributed by atoms with Crippen molar-refractivity contribution in [2.45, 2.75) is 6.92 Å². The largest absolute Gasteiger partial charge is 0.321 e. The van der Waals surface area contributed by atoms with Crippen molar-refractivity contribution in [3.63, 3.8) is 0 Å². The lowest BCUT2D eigenvalue weighted by Gasteiger charge is -2.04. The highest BCUT2D eigenvalue weighted by Gasteiger charge is 2.17. The van der Waals surface area contributed by atoms with Gasteiger partial charge in [0.15, 0.2) is 0 Å². The molecule has 0 spiro atoms. The first-order valence-corrected chi connectivity index (χ1v) is 10.9. The van der Waals surface area contributed by atoms with Gasteiger partial charge in [0, 0.05) is 11.1 Å². The van der Waals surface area contributed by atoms with E-state index in [2.05, 4.69) is 20.6 Å². The van der Waals surface area contributed by atoms with E-state index >= 15 is 0 Å². The van der Waals surface area contributed by atoms with Gasteiger partial charge in [-0.3, -0.25) is 4.79 Å². The number of fused-ring (bicyclic) bond motifs is 1. The van der Waals surface area contributed by atoms with Crippen LogP contribution in [0.1, 0.15) is 15.4 Å². The van der Waals surface area contributed by atoms with E-state index in [-0.39, 0.29) is 5.91 Å². The van der Waals surface area contributed by atoms with Gasteiger partial charge in [-0.05, 0) is 61.5 Å². The van der Waals surface area contributed by atoms with E-state index in [1.807, 2.05) is 103 Å². The zero-order valence-corrected chi connectivity index (χ0v) is 18.1. The first kappa shape index (κ1) is 19.8. The van der Waals surface area contributed by atoms with Crippen LogP contribution < -0.4 is 5.32 Å². The van der Waals surface area contributed by atoms with Crippen molar-refractivity contribution in [3.8, 4) is 5.69 Å². The van der Waals surface area contributed by atoms with Gasteiger partial charge >= 0.3 is 0 Å². The summed E-state index contributed by atoms with van der Waals surface area (Å²) in [5.41, 5.74) is 4.07. The van der Waals surface area contributed by atoms with Crippen LogP contribution in [0.5, 0.6) is 0 Å². The zero-order valence-electron chi connectivity index (χ0n) is 17.3. The van der Waals surface area contributed by atoms with Gasteiger partial charge in [-0.25, -0.2) is 4.68 Å². The van der Waals surface area contributed by atoms with E-state index in [0.717, 1.165) is 27.3 Å². The van der Waals surface area contributed by atoms with Crippen LogP contribution in [0, 0.1) is 6.92 Å². The second-order valence-corrected chi connectivity index (χ2v) is 8.23. The number of azo groups is 1. The summed E-state index contributed by atoms with van der Waals surface area (Å²) in [5, 5.41) is 17.0. The molecular weight excluding hydrogens is 418 g/mol. The SMILES string of the molecule is Cc1nn(-c2ccccc2)c2sc(C(=O)Nc3ccc(N=Nc4ccccc4)cc3)cc12. The Morgan fingerprint density at radius 3 is 2.19 bits per heavy atom. The number of aromatic nitrogens is 2. The maximum Gasteiger partial charge on any atom is 0.265 e. The zero-order chi connectivity index (χ0) is 21.9. The quantitative estimate of drug-likeness (QED) is 0.299. The molecule has 6 nitrogen and oxygen atoms in total. The Balaban J connectivity index is 1.33. The molecule has 1 amide bonds. The summed E-state index contributed by atoms with van der Waals surface area (Å²) < 4.78 is 1.89. The van der Waals surface area contributed by atoms with Crippen molar-refractivity contribution >= 4 is 44.5 Å². The van der Waals surface area contributed by atoms with E-state index in [9.17, 15) is 4.79 Å². The number of carbonyl (C=O) groups is 1. The second-order valence-electron chi connectivity index (χ2n) is 7.20. The van der Waals surface area contributed by atoms with Gasteiger partial charge in [0.2, 0.25) is 0 Å². The summed E-state index contributed by atoms with van der Waals surface area (Å²) >= 11 is 1.43. The van der Waals surface area contributed by atoms with Crippen molar-refractivity contribution in [1.82, 2.24) is 9.78 Å². The molecule has 5 aromatic rings. The smallest absolute Gasteiger partial charge is 0.265 e. The molecule has 0 atom stereocenters. The Morgan fingerprint density at radius 2 is 1.50 bits per heavy atom. The highest BCUT2D eigenvalue weighted by Crippen LogP contribution is 2.31. The van der Waals surface area contributed by atoms with Crippen LogP contribution in [0.25, 0.3) is 15.9 Å². The fraction of sp³-hybridized carbons (Fsp3) is 0.0400. The summed E-state index contributed by atoms with van der Waals surface area (Å²) in [7, 11) is 0. The lowest BCUT2D eigenvalue weighted by atomic mass is 10.2. The fourth-order valence-corrected chi connectivity index (χ4v) is 4.40. The summed E-state index contributed by atoms with van der Waals surface area (Å²) in [6, 6.07) is 28.7. The van der Waals surface area contributed by atoms with Crippen LogP contribution in [-0.4, -0.2) is 15.7 Å². The number of para-hydroxylation sites is 1. The Hall–Kier alpha value is -4.10. The number of hydrogen-bond acceptors (Lipinski definition) is 5. The van der Waals surface area contributed by atoms with Gasteiger partial charge in [0.25, 0.3) is 5.91 Å². The molecular formula is C25H19N5OS. The monoisotopic (exact) mass is 437 g/mol. The Bertz CT molecular complexity index is 1400. The number of rotatable bonds is 5. The van der Waals surface area contributed by atoms with Crippen LogP contribution in [0.3, 0.4) is 0 Å². The predicted octanol–water partition coefficient (Wildman–Crippen LogP) is 7.06. The first-order valence-electron chi connectivity index (χ1n) is 10.1. The van der Waals surface area contributed by atoms with Gasteiger partial charge in [0.05, 0.1) is 27.6 Å². The molecule has 3 aromatic carbocycles. The average Bonchev–Trinajstić information content (AvgIpc) is 3.41. The summed E-state index contributed by atoms with van der Waals surface area (Å²) in [6.45, 7) is 1.96. The van der Waals surface area contributed by atoms with Crippen LogP contribution >= 0.6 is 11.3 Å². The highest BCUT2D eigenvalue weighted by atomic mass is 32.1. The third-order valence-corrected chi connectivity index (χ3v) is 6.04. The van der Waals surface area contributed by atoms with E-state index in [4.69, 9.17) is 0 Å². The standard InChI is InChI=1S/C25H19N5OS/c1-17-22-16-23(32-25(22)30(29-17)21-10-6-3-7-11-21)24(31)26-18-12-14-20(15-13-18)28-27-19-8-4-2-5-9-19/h2-16H,1H3,(H,26,31). The van der Waals surface area contributed by atoms with Crippen molar-refractivity contribution in [2.75, 3.05) is 5.32 Å². The number of carbonyl (C=O) groups excluding carboxylic acids is 1. The maximum absolute atomic E-state index is 12.9. The summed E-state index contributed by atoms with van der Waals surface area (Å²) in [5.74, 6) is -0.149. The summed E-state index contributed by atoms with van der Waals surface area (Å²) in [6.07, 6.45) is 0. The number of amides is 1. The predicted molar refractivity (Wildman–Crippen MR) is 129 cm³/mol. The Morgan fingerprint density at radius 1 is 0.875 bits per heavy atom. The molecule has 0 bridgehead atoms. The summed E-state index contributed by atoms with van der Waals surface area (Å²) in [4.78, 5) is 14.5. The van der Waals surface area contributed by atoms with Gasteiger partial charge in [-0.2, -0.15) is 15.3 Å². The molecule has 2 aromatic heterocycles. The molecule has 7 heteroatoms. The van der Waals surface area contributed by atoms with Gasteiger partial charge in [-0.15, -0.1) is 11.3 Å². The van der Waals surface area contributed by atoms with Crippen LogP contribution in [0.4, 0.5) is 17.1 Å². The van der Waals surface area contributed by atoms with Crippen LogP contribution in [0.15, 0.2) is 101 Å². The first-order chi connectivity index (χ1) is 15.7. The third kappa shape index (κ3) is 4.06. The molecule has 0 saturated carbocycles. The van der Waals surface area contributed by atoms with Crippen molar-refractivity contribution in [3.05, 3.63) is 102 Å². The molecule has 1 N–H and O–H groups in total. The van der Waals surface area contributed by atoms with Crippen molar-refractivity contribution in [2.24, 2.45) is 10.2 Å². The minimum atomic E-state index is -0.149. The highest BCUT2D eigenvalue weighted by molar-refractivity contribution is 7.20. The number of hydrogen-bond donors (Lipinski definition) is 1. The second kappa shape index (κ2) is 8.56. The maximum atomic E-state index is 12.9. The normalized spacial score (nSPS) is 11.3. The Labute approximate surface area is 188 Å². The number of aryl methyl sites for hydroxylation is 1. The third-order valence-electron chi connectivity index (χ3n) is 4.93. The minimum absolute atomic E-state index is 0.149.